The normalized spacial score (nSPS) is 18.0. The van der Waals surface area contributed by atoms with E-state index in [1.807, 2.05) is 0 Å². The highest BCUT2D eigenvalue weighted by molar-refractivity contribution is 5.42. The number of aromatic amines is 1. The average Bonchev–Trinajstić information content (AvgIpc) is 2.87. The molecule has 1 heterocycles. The van der Waals surface area contributed by atoms with Crippen LogP contribution in [0.3, 0.4) is 0 Å². The largest absolute Gasteiger partial charge is 0.384 e. The maximum atomic E-state index is 5.79. The molecule has 0 spiro atoms. The van der Waals surface area contributed by atoms with E-state index in [2.05, 4.69) is 17.1 Å². The molecule has 15 heavy (non-hydrogen) atoms. The molecule has 0 unspecified atom stereocenters. The third-order valence-electron chi connectivity index (χ3n) is 3.30. The van der Waals surface area contributed by atoms with Gasteiger partial charge >= 0.3 is 0 Å². The molecule has 4 nitrogen and oxygen atoms in total. The Morgan fingerprint density at radius 1 is 1.53 bits per heavy atom. The number of methoxy groups -OCH3 is 1. The summed E-state index contributed by atoms with van der Waals surface area (Å²) >= 11 is 0. The smallest absolute Gasteiger partial charge is 0.148 e. The summed E-state index contributed by atoms with van der Waals surface area (Å²) in [5.41, 5.74) is 8.53. The quantitative estimate of drug-likeness (QED) is 0.772. The standard InChI is InChI=1S/C11H19N3O/c1-3-8-9(13-14-10(8)12)6-11(4-5-11)7-15-2/h3-7H2,1-2H3,(H3,12,13,14). The highest BCUT2D eigenvalue weighted by atomic mass is 16.5. The monoisotopic (exact) mass is 209 g/mol. The molecule has 0 radical (unpaired) electrons. The van der Waals surface area contributed by atoms with Crippen LogP contribution in [0.5, 0.6) is 0 Å². The first kappa shape index (κ1) is 10.5. The number of ether oxygens (including phenoxy) is 1. The van der Waals surface area contributed by atoms with Crippen molar-refractivity contribution in [1.82, 2.24) is 10.2 Å². The first-order chi connectivity index (χ1) is 7.21. The predicted octanol–water partition coefficient (Wildman–Crippen LogP) is 1.52. The van der Waals surface area contributed by atoms with Crippen LogP contribution in [0.1, 0.15) is 31.0 Å². The van der Waals surface area contributed by atoms with Gasteiger partial charge in [-0.2, -0.15) is 5.10 Å². The van der Waals surface area contributed by atoms with Gasteiger partial charge in [0.2, 0.25) is 0 Å². The molecular formula is C11H19N3O. The van der Waals surface area contributed by atoms with Gasteiger partial charge in [-0.05, 0) is 31.1 Å². The van der Waals surface area contributed by atoms with Crippen LogP contribution in [0.25, 0.3) is 0 Å². The van der Waals surface area contributed by atoms with E-state index in [9.17, 15) is 0 Å². The molecule has 3 N–H and O–H groups in total. The van der Waals surface area contributed by atoms with Gasteiger partial charge in [-0.3, -0.25) is 5.10 Å². The Kier molecular flexibility index (Phi) is 2.69. The lowest BCUT2D eigenvalue weighted by molar-refractivity contribution is 0.140. The SMILES string of the molecule is CCc1c(N)n[nH]c1CC1(COC)CC1. The average molecular weight is 209 g/mol. The van der Waals surface area contributed by atoms with E-state index in [0.29, 0.717) is 11.2 Å². The zero-order valence-electron chi connectivity index (χ0n) is 9.47. The summed E-state index contributed by atoms with van der Waals surface area (Å²) in [4.78, 5) is 0. The zero-order chi connectivity index (χ0) is 10.9. The van der Waals surface area contributed by atoms with Crippen molar-refractivity contribution in [1.29, 1.82) is 0 Å². The first-order valence-corrected chi connectivity index (χ1v) is 5.51. The lowest BCUT2D eigenvalue weighted by atomic mass is 9.98. The number of anilines is 1. The van der Waals surface area contributed by atoms with Crippen LogP contribution in [0.2, 0.25) is 0 Å². The topological polar surface area (TPSA) is 63.9 Å². The molecule has 0 aromatic carbocycles. The summed E-state index contributed by atoms with van der Waals surface area (Å²) in [5, 5.41) is 7.12. The molecule has 1 aromatic rings. The van der Waals surface area contributed by atoms with E-state index >= 15 is 0 Å². The van der Waals surface area contributed by atoms with Crippen LogP contribution >= 0.6 is 0 Å². The Labute approximate surface area is 90.2 Å². The highest BCUT2D eigenvalue weighted by Crippen LogP contribution is 2.48. The van der Waals surface area contributed by atoms with Crippen molar-refractivity contribution in [2.75, 3.05) is 19.5 Å². The molecule has 1 aliphatic carbocycles. The van der Waals surface area contributed by atoms with Crippen molar-refractivity contribution in [3.63, 3.8) is 0 Å². The number of nitrogens with one attached hydrogen (secondary N) is 1. The maximum Gasteiger partial charge on any atom is 0.148 e. The van der Waals surface area contributed by atoms with Gasteiger partial charge in [-0.25, -0.2) is 0 Å². The number of hydrogen-bond donors (Lipinski definition) is 2. The Hall–Kier alpha value is -1.03. The molecule has 0 saturated heterocycles. The molecule has 1 aliphatic rings. The van der Waals surface area contributed by atoms with Crippen LogP contribution in [0.15, 0.2) is 0 Å². The van der Waals surface area contributed by atoms with Gasteiger partial charge in [0.15, 0.2) is 0 Å². The third kappa shape index (κ3) is 2.00. The lowest BCUT2D eigenvalue weighted by Gasteiger charge is -2.13. The molecule has 0 bridgehead atoms. The van der Waals surface area contributed by atoms with Gasteiger partial charge in [0, 0.05) is 18.4 Å². The van der Waals surface area contributed by atoms with E-state index in [-0.39, 0.29) is 0 Å². The highest BCUT2D eigenvalue weighted by Gasteiger charge is 2.43. The second kappa shape index (κ2) is 3.85. The zero-order valence-corrected chi connectivity index (χ0v) is 9.47. The molecule has 84 valence electrons. The van der Waals surface area contributed by atoms with Crippen molar-refractivity contribution < 1.29 is 4.74 Å². The molecule has 1 fully saturated rings. The van der Waals surface area contributed by atoms with Crippen LogP contribution in [0.4, 0.5) is 5.82 Å². The Morgan fingerprint density at radius 2 is 2.27 bits per heavy atom. The molecule has 4 heteroatoms. The van der Waals surface area contributed by atoms with Crippen LogP contribution in [0, 0.1) is 5.41 Å². The van der Waals surface area contributed by atoms with E-state index in [1.165, 1.54) is 24.1 Å². The third-order valence-corrected chi connectivity index (χ3v) is 3.30. The van der Waals surface area contributed by atoms with Gasteiger partial charge in [-0.15, -0.1) is 0 Å². The molecule has 1 saturated carbocycles. The van der Waals surface area contributed by atoms with Crippen LogP contribution in [-0.4, -0.2) is 23.9 Å². The summed E-state index contributed by atoms with van der Waals surface area (Å²) < 4.78 is 5.26. The van der Waals surface area contributed by atoms with Crippen molar-refractivity contribution in [2.45, 2.75) is 32.6 Å². The van der Waals surface area contributed by atoms with Gasteiger partial charge < -0.3 is 10.5 Å². The molecular weight excluding hydrogens is 190 g/mol. The Balaban J connectivity index is 2.10. The number of nitrogens with two attached hydrogens (primary N) is 1. The molecule has 0 atom stereocenters. The number of nitrogens with zero attached hydrogens (tertiary/aromatic N) is 1. The van der Waals surface area contributed by atoms with Gasteiger partial charge in [0.1, 0.15) is 5.82 Å². The van der Waals surface area contributed by atoms with Crippen LogP contribution in [-0.2, 0) is 17.6 Å². The van der Waals surface area contributed by atoms with Crippen molar-refractivity contribution >= 4 is 5.82 Å². The fraction of sp³-hybridized carbons (Fsp3) is 0.727. The fourth-order valence-electron chi connectivity index (χ4n) is 2.19. The summed E-state index contributed by atoms with van der Waals surface area (Å²) in [6.45, 7) is 2.95. The van der Waals surface area contributed by atoms with E-state index in [0.717, 1.165) is 19.4 Å². The second-order valence-electron chi connectivity index (χ2n) is 4.53. The van der Waals surface area contributed by atoms with E-state index < -0.39 is 0 Å². The minimum Gasteiger partial charge on any atom is -0.384 e. The van der Waals surface area contributed by atoms with E-state index in [4.69, 9.17) is 10.5 Å². The molecule has 0 aliphatic heterocycles. The Bertz CT molecular complexity index is 342. The van der Waals surface area contributed by atoms with Gasteiger partial charge in [0.25, 0.3) is 0 Å². The lowest BCUT2D eigenvalue weighted by Crippen LogP contribution is -2.13. The summed E-state index contributed by atoms with van der Waals surface area (Å²) in [6, 6.07) is 0. The predicted molar refractivity (Wildman–Crippen MR) is 59.6 cm³/mol. The molecule has 0 amide bonds. The fourth-order valence-corrected chi connectivity index (χ4v) is 2.19. The number of rotatable bonds is 5. The maximum absolute atomic E-state index is 5.79. The number of aromatic nitrogens is 2. The summed E-state index contributed by atoms with van der Waals surface area (Å²) in [7, 11) is 1.77. The molecule has 1 aromatic heterocycles. The molecule has 2 rings (SSSR count). The summed E-state index contributed by atoms with van der Waals surface area (Å²) in [6.07, 6.45) is 4.47. The van der Waals surface area contributed by atoms with Crippen molar-refractivity contribution in [3.05, 3.63) is 11.3 Å². The number of H-pyrrole nitrogens is 1. The Morgan fingerprint density at radius 3 is 2.80 bits per heavy atom. The summed E-state index contributed by atoms with van der Waals surface area (Å²) in [5.74, 6) is 0.653. The number of hydrogen-bond acceptors (Lipinski definition) is 3. The first-order valence-electron chi connectivity index (χ1n) is 5.51. The van der Waals surface area contributed by atoms with Gasteiger partial charge in [0.05, 0.1) is 6.61 Å². The number of nitrogen functional groups attached to an aromatic ring is 1. The van der Waals surface area contributed by atoms with Crippen molar-refractivity contribution in [2.24, 2.45) is 5.41 Å². The van der Waals surface area contributed by atoms with Crippen LogP contribution < -0.4 is 5.73 Å². The second-order valence-corrected chi connectivity index (χ2v) is 4.53. The van der Waals surface area contributed by atoms with E-state index in [1.54, 1.807) is 7.11 Å². The minimum absolute atomic E-state index is 0.359. The minimum atomic E-state index is 0.359. The van der Waals surface area contributed by atoms with Gasteiger partial charge in [-0.1, -0.05) is 6.92 Å². The van der Waals surface area contributed by atoms with Crippen molar-refractivity contribution in [3.8, 4) is 0 Å².